The summed E-state index contributed by atoms with van der Waals surface area (Å²) in [6, 6.07) is 13.4. The Morgan fingerprint density at radius 2 is 1.63 bits per heavy atom. The second kappa shape index (κ2) is 9.28. The summed E-state index contributed by atoms with van der Waals surface area (Å²) in [4.78, 5) is 47.0. The van der Waals surface area contributed by atoms with Crippen LogP contribution in [0.15, 0.2) is 48.5 Å². The van der Waals surface area contributed by atoms with Crippen LogP contribution in [0.1, 0.15) is 33.2 Å². The van der Waals surface area contributed by atoms with Gasteiger partial charge in [-0.15, -0.1) is 0 Å². The van der Waals surface area contributed by atoms with Crippen molar-refractivity contribution < 1.29 is 23.9 Å². The number of carbonyl (C=O) groups excluding carboxylic acids is 4. The van der Waals surface area contributed by atoms with E-state index in [-0.39, 0.29) is 12.3 Å². The van der Waals surface area contributed by atoms with E-state index in [1.165, 1.54) is 6.92 Å². The van der Waals surface area contributed by atoms with Gasteiger partial charge in [-0.25, -0.2) is 0 Å². The average Bonchev–Trinajstić information content (AvgIpc) is 2.65. The molecule has 0 heterocycles. The molecule has 7 heteroatoms. The van der Waals surface area contributed by atoms with Crippen molar-refractivity contribution in [2.24, 2.45) is 0 Å². The minimum atomic E-state index is -0.745. The molecule has 7 nitrogen and oxygen atoms in total. The Hall–Kier alpha value is -3.48. The zero-order valence-electron chi connectivity index (χ0n) is 15.1. The molecule has 0 unspecified atom stereocenters. The SMILES string of the molecule is CC(=O)c1ccccc1NC(=O)COC(=O)CNC(=O)c1ccc(C)cc1. The molecule has 0 fully saturated rings. The van der Waals surface area contributed by atoms with Gasteiger partial charge < -0.3 is 15.4 Å². The largest absolute Gasteiger partial charge is 0.454 e. The maximum Gasteiger partial charge on any atom is 0.325 e. The number of hydrogen-bond acceptors (Lipinski definition) is 5. The van der Waals surface area contributed by atoms with Crippen molar-refractivity contribution in [3.8, 4) is 0 Å². The molecule has 0 aliphatic rings. The van der Waals surface area contributed by atoms with Gasteiger partial charge in [-0.05, 0) is 38.1 Å². The number of carbonyl (C=O) groups is 4. The third-order valence-electron chi connectivity index (χ3n) is 3.65. The summed E-state index contributed by atoms with van der Waals surface area (Å²) in [6.45, 7) is 2.41. The van der Waals surface area contributed by atoms with Gasteiger partial charge in [0.1, 0.15) is 6.54 Å². The lowest BCUT2D eigenvalue weighted by Gasteiger charge is -2.10. The highest BCUT2D eigenvalue weighted by Gasteiger charge is 2.13. The van der Waals surface area contributed by atoms with Crippen LogP contribution in [0.4, 0.5) is 5.69 Å². The summed E-state index contributed by atoms with van der Waals surface area (Å²) in [5.41, 5.74) is 2.15. The van der Waals surface area contributed by atoms with E-state index in [0.29, 0.717) is 16.8 Å². The van der Waals surface area contributed by atoms with E-state index in [9.17, 15) is 19.2 Å². The van der Waals surface area contributed by atoms with E-state index >= 15 is 0 Å². The Kier molecular flexibility index (Phi) is 6.82. The molecule has 2 amide bonds. The van der Waals surface area contributed by atoms with Gasteiger partial charge in [0.15, 0.2) is 12.4 Å². The van der Waals surface area contributed by atoms with Crippen molar-refractivity contribution >= 4 is 29.3 Å². The highest BCUT2D eigenvalue weighted by atomic mass is 16.5. The van der Waals surface area contributed by atoms with Crippen molar-refractivity contribution in [3.63, 3.8) is 0 Å². The van der Waals surface area contributed by atoms with Crippen LogP contribution in [0.2, 0.25) is 0 Å². The standard InChI is InChI=1S/C20H20N2O5/c1-13-7-9-15(10-8-13)20(26)21-11-19(25)27-12-18(24)22-17-6-4-3-5-16(17)14(2)23/h3-10H,11-12H2,1-2H3,(H,21,26)(H,22,24). The van der Waals surface area contributed by atoms with Crippen LogP contribution < -0.4 is 10.6 Å². The molecular weight excluding hydrogens is 348 g/mol. The fourth-order valence-electron chi connectivity index (χ4n) is 2.24. The minimum absolute atomic E-state index is 0.193. The van der Waals surface area contributed by atoms with E-state index in [1.807, 2.05) is 6.92 Å². The number of ether oxygens (including phenoxy) is 1. The molecule has 27 heavy (non-hydrogen) atoms. The Morgan fingerprint density at radius 3 is 2.30 bits per heavy atom. The molecule has 140 valence electrons. The first kappa shape index (κ1) is 19.8. The smallest absolute Gasteiger partial charge is 0.325 e. The normalized spacial score (nSPS) is 10.0. The van der Waals surface area contributed by atoms with Crippen LogP contribution in [-0.4, -0.2) is 36.7 Å². The summed E-state index contributed by atoms with van der Waals surface area (Å²) in [7, 11) is 0. The van der Waals surface area contributed by atoms with Crippen LogP contribution in [0.5, 0.6) is 0 Å². The zero-order chi connectivity index (χ0) is 19.8. The molecule has 2 aromatic rings. The quantitative estimate of drug-likeness (QED) is 0.576. The molecule has 0 saturated carbocycles. The Morgan fingerprint density at radius 1 is 0.963 bits per heavy atom. The molecule has 0 aliphatic heterocycles. The number of rotatable bonds is 7. The van der Waals surface area contributed by atoms with Gasteiger partial charge in [0.05, 0.1) is 5.69 Å². The molecule has 0 aromatic heterocycles. The van der Waals surface area contributed by atoms with Crippen LogP contribution in [0.25, 0.3) is 0 Å². The predicted molar refractivity (Wildman–Crippen MR) is 99.5 cm³/mol. The molecule has 0 spiro atoms. The van der Waals surface area contributed by atoms with Crippen molar-refractivity contribution in [1.29, 1.82) is 0 Å². The van der Waals surface area contributed by atoms with Gasteiger partial charge in [-0.3, -0.25) is 19.2 Å². The van der Waals surface area contributed by atoms with Crippen LogP contribution in [0, 0.1) is 6.92 Å². The van der Waals surface area contributed by atoms with Gasteiger partial charge in [0.2, 0.25) is 0 Å². The molecule has 2 N–H and O–H groups in total. The second-order valence-electron chi connectivity index (χ2n) is 5.86. The lowest BCUT2D eigenvalue weighted by atomic mass is 10.1. The number of nitrogens with one attached hydrogen (secondary N) is 2. The summed E-state index contributed by atoms with van der Waals surface area (Å²) >= 11 is 0. The van der Waals surface area contributed by atoms with Gasteiger partial charge in [-0.2, -0.15) is 0 Å². The highest BCUT2D eigenvalue weighted by molar-refractivity contribution is 6.04. The number of esters is 1. The van der Waals surface area contributed by atoms with Crippen molar-refractivity contribution in [2.45, 2.75) is 13.8 Å². The third kappa shape index (κ3) is 6.07. The molecule has 0 atom stereocenters. The molecule has 0 bridgehead atoms. The Balaban J connectivity index is 1.78. The Labute approximate surface area is 156 Å². The first-order valence-corrected chi connectivity index (χ1v) is 8.27. The van der Waals surface area contributed by atoms with Gasteiger partial charge >= 0.3 is 5.97 Å². The number of para-hydroxylation sites is 1. The fourth-order valence-corrected chi connectivity index (χ4v) is 2.24. The summed E-state index contributed by atoms with van der Waals surface area (Å²) in [5.74, 6) is -1.93. The third-order valence-corrected chi connectivity index (χ3v) is 3.65. The van der Waals surface area contributed by atoms with Gasteiger partial charge in [0, 0.05) is 11.1 Å². The summed E-state index contributed by atoms with van der Waals surface area (Å²) in [5, 5.41) is 4.94. The number of ketones is 1. The average molecular weight is 368 g/mol. The van der Waals surface area contributed by atoms with E-state index in [0.717, 1.165) is 5.56 Å². The first-order valence-electron chi connectivity index (χ1n) is 8.27. The number of anilines is 1. The second-order valence-corrected chi connectivity index (χ2v) is 5.86. The number of aryl methyl sites for hydroxylation is 1. The van der Waals surface area contributed by atoms with E-state index in [4.69, 9.17) is 4.74 Å². The molecule has 2 aromatic carbocycles. The van der Waals surface area contributed by atoms with Crippen LogP contribution >= 0.6 is 0 Å². The lowest BCUT2D eigenvalue weighted by molar-refractivity contribution is -0.146. The van der Waals surface area contributed by atoms with Crippen molar-refractivity contribution in [3.05, 3.63) is 65.2 Å². The van der Waals surface area contributed by atoms with Crippen LogP contribution in [-0.2, 0) is 14.3 Å². The number of hydrogen-bond donors (Lipinski definition) is 2. The predicted octanol–water partition coefficient (Wildman–Crippen LogP) is 2.11. The number of benzene rings is 2. The van der Waals surface area contributed by atoms with E-state index < -0.39 is 24.4 Å². The van der Waals surface area contributed by atoms with Gasteiger partial charge in [-0.1, -0.05) is 29.8 Å². The Bertz CT molecular complexity index is 859. The van der Waals surface area contributed by atoms with E-state index in [2.05, 4.69) is 10.6 Å². The zero-order valence-corrected chi connectivity index (χ0v) is 15.1. The van der Waals surface area contributed by atoms with E-state index in [1.54, 1.807) is 48.5 Å². The summed E-state index contributed by atoms with van der Waals surface area (Å²) < 4.78 is 4.83. The minimum Gasteiger partial charge on any atom is -0.454 e. The highest BCUT2D eigenvalue weighted by Crippen LogP contribution is 2.15. The number of Topliss-reactive ketones (excluding diaryl/α,β-unsaturated/α-hetero) is 1. The van der Waals surface area contributed by atoms with Crippen LogP contribution in [0.3, 0.4) is 0 Å². The van der Waals surface area contributed by atoms with Gasteiger partial charge in [0.25, 0.3) is 11.8 Å². The monoisotopic (exact) mass is 368 g/mol. The molecule has 0 radical (unpaired) electrons. The lowest BCUT2D eigenvalue weighted by Crippen LogP contribution is -2.32. The maximum atomic E-state index is 11.9. The molecule has 0 saturated heterocycles. The topological polar surface area (TPSA) is 102 Å². The summed E-state index contributed by atoms with van der Waals surface area (Å²) in [6.07, 6.45) is 0. The number of amides is 2. The fraction of sp³-hybridized carbons (Fsp3) is 0.200. The molecular formula is C20H20N2O5. The molecule has 2 rings (SSSR count). The first-order chi connectivity index (χ1) is 12.9. The van der Waals surface area contributed by atoms with Crippen molar-refractivity contribution in [2.75, 3.05) is 18.5 Å². The van der Waals surface area contributed by atoms with Crippen molar-refractivity contribution in [1.82, 2.24) is 5.32 Å². The maximum absolute atomic E-state index is 11.9. The molecule has 0 aliphatic carbocycles.